The van der Waals surface area contributed by atoms with Gasteiger partial charge in [0.2, 0.25) is 24.2 Å². The molecule has 2 N–H and O–H groups in total. The predicted octanol–water partition coefficient (Wildman–Crippen LogP) is -1.40. The van der Waals surface area contributed by atoms with Crippen LogP contribution in [0.15, 0.2) is 9.85 Å². The molecule has 0 atom stereocenters. The first-order valence-corrected chi connectivity index (χ1v) is 7.55. The van der Waals surface area contributed by atoms with Gasteiger partial charge in [0.05, 0.1) is 11.5 Å². The van der Waals surface area contributed by atoms with Crippen LogP contribution in [0.4, 0.5) is 0 Å². The van der Waals surface area contributed by atoms with Crippen LogP contribution in [0.25, 0.3) is 0 Å². The smallest absolute Gasteiger partial charge is 0.229 e. The fraction of sp³-hybridized carbons (Fsp3) is 0.500. The van der Waals surface area contributed by atoms with Gasteiger partial charge in [-0.3, -0.25) is 0 Å². The number of hydrogen-bond donors (Lipinski definition) is 1. The lowest BCUT2D eigenvalue weighted by Gasteiger charge is -1.97. The minimum absolute atomic E-state index is 0.193. The quantitative estimate of drug-likeness (QED) is 0.708. The number of aromatic nitrogens is 2. The Bertz CT molecular complexity index is 488. The molecule has 1 aromatic heterocycles. The third-order valence-corrected chi connectivity index (χ3v) is 5.16. The van der Waals surface area contributed by atoms with E-state index in [1.165, 1.54) is 5.51 Å². The van der Waals surface area contributed by atoms with E-state index in [0.29, 0.717) is 0 Å². The summed E-state index contributed by atoms with van der Waals surface area (Å²) in [6.07, 6.45) is 0. The van der Waals surface area contributed by atoms with Gasteiger partial charge in [0, 0.05) is 0 Å². The summed E-state index contributed by atoms with van der Waals surface area (Å²) < 4.78 is 43.5. The Kier molecular flexibility index (Phi) is 3.19. The number of primary sulfonamides is 1. The molecule has 1 rings (SSSR count). The van der Waals surface area contributed by atoms with Crippen molar-refractivity contribution in [3.63, 3.8) is 0 Å². The van der Waals surface area contributed by atoms with Crippen molar-refractivity contribution in [3.8, 4) is 0 Å². The van der Waals surface area contributed by atoms with Gasteiger partial charge in [-0.05, 0) is 0 Å². The molecule has 0 amide bonds. The molecule has 0 bridgehead atoms. The summed E-state index contributed by atoms with van der Waals surface area (Å²) in [4.78, 5) is 0. The van der Waals surface area contributed by atoms with Gasteiger partial charge < -0.3 is 0 Å². The molecule has 10 heteroatoms. The largest absolute Gasteiger partial charge is 0.232 e. The Morgan fingerprint density at radius 2 is 1.93 bits per heavy atom. The van der Waals surface area contributed by atoms with Crippen LogP contribution in [0.5, 0.6) is 0 Å². The van der Waals surface area contributed by atoms with Gasteiger partial charge in [-0.2, -0.15) is 0 Å². The van der Waals surface area contributed by atoms with E-state index in [1.807, 2.05) is 0 Å². The zero-order valence-electron chi connectivity index (χ0n) is 6.82. The number of nitrogens with zero attached hydrogens (tertiary/aromatic N) is 2. The highest BCUT2D eigenvalue weighted by molar-refractivity contribution is 7.95. The Labute approximate surface area is 84.9 Å². The molecule has 0 aliphatic rings. The molecule has 0 unspecified atom stereocenters. The first kappa shape index (κ1) is 11.5. The zero-order valence-corrected chi connectivity index (χ0v) is 9.27. The summed E-state index contributed by atoms with van der Waals surface area (Å²) in [6, 6.07) is 0. The van der Waals surface area contributed by atoms with E-state index in [0.717, 1.165) is 11.3 Å². The second kappa shape index (κ2) is 3.88. The Balaban J connectivity index is 2.80. The van der Waals surface area contributed by atoms with Crippen LogP contribution < -0.4 is 5.14 Å². The highest BCUT2D eigenvalue weighted by atomic mass is 32.2. The minimum atomic E-state index is -3.77. The fourth-order valence-electron chi connectivity index (χ4n) is 0.612. The molecule has 0 aromatic carbocycles. The standard InChI is InChI=1S/C4H7N3O4S3/c5-14(10,11)2-1-13(8,9)4-7-6-3-12-4/h3H,1-2H2,(H2,5,10,11). The summed E-state index contributed by atoms with van der Waals surface area (Å²) in [7, 11) is -7.44. The number of nitrogens with two attached hydrogens (primary N) is 1. The summed E-state index contributed by atoms with van der Waals surface area (Å²) in [6.45, 7) is 0. The lowest BCUT2D eigenvalue weighted by molar-refractivity contribution is 0.587. The van der Waals surface area contributed by atoms with Gasteiger partial charge in [0.25, 0.3) is 0 Å². The highest BCUT2D eigenvalue weighted by Crippen LogP contribution is 2.11. The molecule has 7 nitrogen and oxygen atoms in total. The van der Waals surface area contributed by atoms with E-state index in [9.17, 15) is 16.8 Å². The monoisotopic (exact) mass is 257 g/mol. The SMILES string of the molecule is NS(=O)(=O)CCS(=O)(=O)c1nncs1. The van der Waals surface area contributed by atoms with E-state index >= 15 is 0 Å². The van der Waals surface area contributed by atoms with Crippen molar-refractivity contribution in [2.45, 2.75) is 4.34 Å². The van der Waals surface area contributed by atoms with Gasteiger partial charge in [-0.1, -0.05) is 11.3 Å². The molecule has 0 aliphatic carbocycles. The first-order valence-electron chi connectivity index (χ1n) is 3.31. The van der Waals surface area contributed by atoms with Gasteiger partial charge in [-0.25, -0.2) is 22.0 Å². The zero-order chi connectivity index (χ0) is 10.8. The second-order valence-corrected chi connectivity index (χ2v) is 7.24. The van der Waals surface area contributed by atoms with Crippen molar-refractivity contribution in [3.05, 3.63) is 5.51 Å². The Morgan fingerprint density at radius 1 is 1.29 bits per heavy atom. The van der Waals surface area contributed by atoms with Crippen LogP contribution >= 0.6 is 11.3 Å². The topological polar surface area (TPSA) is 120 Å². The predicted molar refractivity (Wildman–Crippen MR) is 49.9 cm³/mol. The average Bonchev–Trinajstić information content (AvgIpc) is 2.52. The van der Waals surface area contributed by atoms with Crippen LogP contribution in [0.2, 0.25) is 0 Å². The van der Waals surface area contributed by atoms with Crippen molar-refractivity contribution in [2.24, 2.45) is 5.14 Å². The van der Waals surface area contributed by atoms with Gasteiger partial charge >= 0.3 is 0 Å². The number of sulfone groups is 1. The molecule has 1 aromatic rings. The van der Waals surface area contributed by atoms with E-state index in [4.69, 9.17) is 0 Å². The van der Waals surface area contributed by atoms with E-state index in [1.54, 1.807) is 0 Å². The van der Waals surface area contributed by atoms with Gasteiger partial charge in [0.15, 0.2) is 0 Å². The third-order valence-electron chi connectivity index (χ3n) is 1.24. The Hall–Kier alpha value is -0.580. The molecule has 0 saturated carbocycles. The summed E-state index contributed by atoms with van der Waals surface area (Å²) in [5.74, 6) is -1.18. The van der Waals surface area contributed by atoms with Crippen LogP contribution in [0, 0.1) is 0 Å². The number of hydrogen-bond acceptors (Lipinski definition) is 7. The summed E-state index contributed by atoms with van der Waals surface area (Å²) in [5, 5.41) is 11.3. The van der Waals surface area contributed by atoms with Crippen LogP contribution in [0.1, 0.15) is 0 Å². The normalized spacial score (nSPS) is 12.9. The third kappa shape index (κ3) is 3.29. The maximum atomic E-state index is 11.3. The maximum absolute atomic E-state index is 11.3. The molecular weight excluding hydrogens is 250 g/mol. The molecule has 80 valence electrons. The first-order chi connectivity index (χ1) is 6.31. The fourth-order valence-corrected chi connectivity index (χ4v) is 4.01. The van der Waals surface area contributed by atoms with Crippen molar-refractivity contribution in [1.29, 1.82) is 0 Å². The van der Waals surface area contributed by atoms with Gasteiger partial charge in [0.1, 0.15) is 5.51 Å². The molecule has 0 fully saturated rings. The van der Waals surface area contributed by atoms with E-state index < -0.39 is 31.4 Å². The van der Waals surface area contributed by atoms with Crippen molar-refractivity contribution >= 4 is 31.2 Å². The molecular formula is C4H7N3O4S3. The molecule has 0 spiro atoms. The van der Waals surface area contributed by atoms with Crippen LogP contribution in [-0.2, 0) is 19.9 Å². The van der Waals surface area contributed by atoms with Gasteiger partial charge in [-0.15, -0.1) is 10.2 Å². The molecule has 14 heavy (non-hydrogen) atoms. The summed E-state index contributed by atoms with van der Waals surface area (Å²) in [5.41, 5.74) is 1.25. The van der Waals surface area contributed by atoms with E-state index in [2.05, 4.69) is 15.3 Å². The molecule has 0 saturated heterocycles. The molecule has 0 aliphatic heterocycles. The number of rotatable bonds is 4. The van der Waals surface area contributed by atoms with Crippen molar-refractivity contribution in [1.82, 2.24) is 10.2 Å². The number of sulfonamides is 1. The molecule has 1 heterocycles. The van der Waals surface area contributed by atoms with Crippen molar-refractivity contribution in [2.75, 3.05) is 11.5 Å². The Morgan fingerprint density at radius 3 is 2.36 bits per heavy atom. The summed E-state index contributed by atoms with van der Waals surface area (Å²) >= 11 is 0.835. The lowest BCUT2D eigenvalue weighted by Crippen LogP contribution is -2.23. The maximum Gasteiger partial charge on any atom is 0.232 e. The lowest BCUT2D eigenvalue weighted by atomic mass is 11.0. The van der Waals surface area contributed by atoms with E-state index in [-0.39, 0.29) is 4.34 Å². The van der Waals surface area contributed by atoms with Crippen LogP contribution in [0.3, 0.4) is 0 Å². The molecule has 0 radical (unpaired) electrons. The minimum Gasteiger partial charge on any atom is -0.229 e. The van der Waals surface area contributed by atoms with Crippen LogP contribution in [-0.4, -0.2) is 38.5 Å². The van der Waals surface area contributed by atoms with Crippen molar-refractivity contribution < 1.29 is 16.8 Å². The highest BCUT2D eigenvalue weighted by Gasteiger charge is 2.20. The second-order valence-electron chi connectivity index (χ2n) is 2.39. The average molecular weight is 257 g/mol.